The lowest BCUT2D eigenvalue weighted by Crippen LogP contribution is -2.41. The van der Waals surface area contributed by atoms with E-state index in [1.54, 1.807) is 0 Å². The Morgan fingerprint density at radius 1 is 1.42 bits per heavy atom. The van der Waals surface area contributed by atoms with Crippen molar-refractivity contribution < 1.29 is 0 Å². The van der Waals surface area contributed by atoms with E-state index in [0.29, 0.717) is 0 Å². The smallest absolute Gasteiger partial charge is 0.0696 e. The lowest BCUT2D eigenvalue weighted by atomic mass is 10.4. The van der Waals surface area contributed by atoms with Crippen molar-refractivity contribution in [2.24, 2.45) is 0 Å². The molecular formula is C10H23NSi. The van der Waals surface area contributed by atoms with Gasteiger partial charge in [-0.1, -0.05) is 25.1 Å². The SMILES string of the molecule is C=C(C)C[Si](C)(CC)CN(C)C. The second kappa shape index (κ2) is 4.82. The average molecular weight is 185 g/mol. The molecule has 0 aromatic heterocycles. The number of hydrogen-bond donors (Lipinski definition) is 0. The third kappa shape index (κ3) is 4.73. The fourth-order valence-corrected chi connectivity index (χ4v) is 5.35. The summed E-state index contributed by atoms with van der Waals surface area (Å²) in [5.41, 5.74) is 1.35. The van der Waals surface area contributed by atoms with Gasteiger partial charge in [0.05, 0.1) is 8.07 Å². The molecule has 12 heavy (non-hydrogen) atoms. The molecule has 0 aliphatic carbocycles. The van der Waals surface area contributed by atoms with Crippen LogP contribution in [0, 0.1) is 0 Å². The lowest BCUT2D eigenvalue weighted by Gasteiger charge is -2.29. The molecule has 1 atom stereocenters. The summed E-state index contributed by atoms with van der Waals surface area (Å²) in [5.74, 6) is 0. The van der Waals surface area contributed by atoms with E-state index < -0.39 is 8.07 Å². The summed E-state index contributed by atoms with van der Waals surface area (Å²) < 4.78 is 0. The van der Waals surface area contributed by atoms with Crippen LogP contribution in [0.1, 0.15) is 13.8 Å². The molecule has 0 heterocycles. The summed E-state index contributed by atoms with van der Waals surface area (Å²) in [4.78, 5) is 2.32. The third-order valence-corrected chi connectivity index (χ3v) is 6.84. The molecule has 2 heteroatoms. The summed E-state index contributed by atoms with van der Waals surface area (Å²) in [5, 5.41) is 0. The maximum Gasteiger partial charge on any atom is 0.0696 e. The van der Waals surface area contributed by atoms with Crippen LogP contribution in [0.15, 0.2) is 12.2 Å². The van der Waals surface area contributed by atoms with Crippen LogP contribution in [-0.2, 0) is 0 Å². The van der Waals surface area contributed by atoms with E-state index in [9.17, 15) is 0 Å². The minimum absolute atomic E-state index is 1.02. The van der Waals surface area contributed by atoms with E-state index in [1.807, 2.05) is 0 Å². The van der Waals surface area contributed by atoms with Crippen LogP contribution in [0.5, 0.6) is 0 Å². The predicted octanol–water partition coefficient (Wildman–Crippen LogP) is 2.76. The van der Waals surface area contributed by atoms with Crippen molar-refractivity contribution in [3.8, 4) is 0 Å². The van der Waals surface area contributed by atoms with Gasteiger partial charge in [0.25, 0.3) is 0 Å². The molecule has 0 aromatic carbocycles. The first kappa shape index (κ1) is 11.9. The fourth-order valence-electron chi connectivity index (χ4n) is 1.78. The van der Waals surface area contributed by atoms with Crippen LogP contribution in [-0.4, -0.2) is 33.2 Å². The molecule has 0 rings (SSSR count). The van der Waals surface area contributed by atoms with Gasteiger partial charge in [0.1, 0.15) is 0 Å². The Morgan fingerprint density at radius 2 is 1.92 bits per heavy atom. The van der Waals surface area contributed by atoms with Gasteiger partial charge in [-0.05, 0) is 33.2 Å². The molecule has 0 amide bonds. The van der Waals surface area contributed by atoms with E-state index in [4.69, 9.17) is 0 Å². The van der Waals surface area contributed by atoms with Gasteiger partial charge >= 0.3 is 0 Å². The second-order valence-electron chi connectivity index (χ2n) is 4.54. The topological polar surface area (TPSA) is 3.24 Å². The standard InChI is InChI=1S/C10H23NSi/c1-7-12(6,8-10(2)3)9-11(4)5/h2,7-9H2,1,3-6H3. The molecule has 0 spiro atoms. The largest absolute Gasteiger partial charge is 0.312 e. The van der Waals surface area contributed by atoms with Crippen molar-refractivity contribution in [3.05, 3.63) is 12.2 Å². The van der Waals surface area contributed by atoms with E-state index >= 15 is 0 Å². The Balaban J connectivity index is 4.13. The molecule has 72 valence electrons. The molecule has 0 bridgehead atoms. The second-order valence-corrected chi connectivity index (χ2v) is 9.53. The van der Waals surface area contributed by atoms with Gasteiger partial charge in [-0.2, -0.15) is 0 Å². The highest BCUT2D eigenvalue weighted by Crippen LogP contribution is 2.19. The summed E-state index contributed by atoms with van der Waals surface area (Å²) in [6.45, 7) is 11.0. The summed E-state index contributed by atoms with van der Waals surface area (Å²) in [7, 11) is 3.31. The zero-order valence-corrected chi connectivity index (χ0v) is 10.3. The van der Waals surface area contributed by atoms with E-state index in [2.05, 4.69) is 46.0 Å². The van der Waals surface area contributed by atoms with Crippen molar-refractivity contribution in [1.82, 2.24) is 4.90 Å². The molecule has 0 aliphatic rings. The van der Waals surface area contributed by atoms with Gasteiger partial charge in [-0.25, -0.2) is 0 Å². The van der Waals surface area contributed by atoms with Gasteiger partial charge in [0.2, 0.25) is 0 Å². The average Bonchev–Trinajstić information content (AvgIpc) is 1.83. The van der Waals surface area contributed by atoms with Crippen LogP contribution >= 0.6 is 0 Å². The van der Waals surface area contributed by atoms with E-state index in [0.717, 1.165) is 0 Å². The molecule has 0 N–H and O–H groups in total. The maximum atomic E-state index is 4.01. The number of hydrogen-bond acceptors (Lipinski definition) is 1. The van der Waals surface area contributed by atoms with Crippen LogP contribution in [0.2, 0.25) is 18.6 Å². The molecule has 0 saturated carbocycles. The molecule has 1 unspecified atom stereocenters. The molecule has 0 aliphatic heterocycles. The van der Waals surface area contributed by atoms with Crippen molar-refractivity contribution in [1.29, 1.82) is 0 Å². The first-order valence-electron chi connectivity index (χ1n) is 4.69. The van der Waals surface area contributed by atoms with E-state index in [-0.39, 0.29) is 0 Å². The normalized spacial score (nSPS) is 16.2. The molecule has 0 fully saturated rings. The summed E-state index contributed by atoms with van der Waals surface area (Å²) >= 11 is 0. The first-order valence-corrected chi connectivity index (χ1v) is 7.81. The zero-order valence-electron chi connectivity index (χ0n) is 9.28. The highest BCUT2D eigenvalue weighted by atomic mass is 28.3. The van der Waals surface area contributed by atoms with Crippen molar-refractivity contribution in [2.75, 3.05) is 20.3 Å². The van der Waals surface area contributed by atoms with Gasteiger partial charge in [0.15, 0.2) is 0 Å². The predicted molar refractivity (Wildman–Crippen MR) is 60.3 cm³/mol. The molecule has 0 saturated heterocycles. The van der Waals surface area contributed by atoms with Crippen LogP contribution < -0.4 is 0 Å². The molecule has 0 aromatic rings. The Hall–Kier alpha value is -0.0831. The monoisotopic (exact) mass is 185 g/mol. The van der Waals surface area contributed by atoms with Gasteiger partial charge in [0, 0.05) is 0 Å². The highest BCUT2D eigenvalue weighted by molar-refractivity contribution is 6.79. The Bertz CT molecular complexity index is 154. The van der Waals surface area contributed by atoms with Crippen molar-refractivity contribution in [3.63, 3.8) is 0 Å². The van der Waals surface area contributed by atoms with Gasteiger partial charge in [-0.3, -0.25) is 0 Å². The van der Waals surface area contributed by atoms with Crippen molar-refractivity contribution >= 4 is 8.07 Å². The Labute approximate surface area is 78.5 Å². The number of allylic oxidation sites excluding steroid dienone is 1. The Kier molecular flexibility index (Phi) is 4.79. The van der Waals surface area contributed by atoms with Crippen LogP contribution in [0.4, 0.5) is 0 Å². The molecule has 1 nitrogen and oxygen atoms in total. The minimum Gasteiger partial charge on any atom is -0.312 e. The minimum atomic E-state index is -1.02. The van der Waals surface area contributed by atoms with Gasteiger partial charge in [-0.15, -0.1) is 6.58 Å². The number of rotatable bonds is 5. The van der Waals surface area contributed by atoms with Crippen LogP contribution in [0.25, 0.3) is 0 Å². The molecule has 0 radical (unpaired) electrons. The first-order chi connectivity index (χ1) is 5.39. The third-order valence-electron chi connectivity index (χ3n) is 2.28. The lowest BCUT2D eigenvalue weighted by molar-refractivity contribution is 0.469. The van der Waals surface area contributed by atoms with E-state index in [1.165, 1.54) is 23.8 Å². The Morgan fingerprint density at radius 3 is 2.17 bits per heavy atom. The van der Waals surface area contributed by atoms with Crippen molar-refractivity contribution in [2.45, 2.75) is 32.5 Å². The molecular weight excluding hydrogens is 162 g/mol. The fraction of sp³-hybridized carbons (Fsp3) is 0.800. The quantitative estimate of drug-likeness (QED) is 0.470. The summed E-state index contributed by atoms with van der Waals surface area (Å²) in [6, 6.07) is 2.64. The van der Waals surface area contributed by atoms with Gasteiger partial charge < -0.3 is 4.90 Å². The zero-order chi connectivity index (χ0) is 9.78. The maximum absolute atomic E-state index is 4.01. The number of nitrogens with zero attached hydrogens (tertiary/aromatic N) is 1. The van der Waals surface area contributed by atoms with Crippen LogP contribution in [0.3, 0.4) is 0 Å². The highest BCUT2D eigenvalue weighted by Gasteiger charge is 2.25. The summed E-state index contributed by atoms with van der Waals surface area (Å²) in [6.07, 6.45) is 1.29.